The van der Waals surface area contributed by atoms with Crippen molar-refractivity contribution in [2.75, 3.05) is 0 Å². The maximum absolute atomic E-state index is 10.9. The standard InChI is InChI=1S/C10H10ClNO3/c1-7(13)10(11)6-8-2-4-9(5-3-8)12(14)15/h2-5,10H,6H2,1H3. The smallest absolute Gasteiger partial charge is 0.269 e. The first-order chi connectivity index (χ1) is 7.00. The molecule has 0 amide bonds. The van der Waals surface area contributed by atoms with Crippen molar-refractivity contribution >= 4 is 23.1 Å². The van der Waals surface area contributed by atoms with Crippen molar-refractivity contribution in [3.8, 4) is 0 Å². The molecule has 0 saturated carbocycles. The summed E-state index contributed by atoms with van der Waals surface area (Å²) in [5, 5.41) is 9.80. The van der Waals surface area contributed by atoms with Crippen molar-refractivity contribution in [1.29, 1.82) is 0 Å². The Labute approximate surface area is 92.0 Å². The van der Waals surface area contributed by atoms with Gasteiger partial charge in [-0.25, -0.2) is 0 Å². The van der Waals surface area contributed by atoms with Gasteiger partial charge in [-0.1, -0.05) is 12.1 Å². The highest BCUT2D eigenvalue weighted by Crippen LogP contribution is 2.15. The summed E-state index contributed by atoms with van der Waals surface area (Å²) in [6.45, 7) is 1.42. The van der Waals surface area contributed by atoms with Crippen LogP contribution in [0, 0.1) is 10.1 Å². The number of halogens is 1. The van der Waals surface area contributed by atoms with Gasteiger partial charge in [0.05, 0.1) is 10.3 Å². The number of rotatable bonds is 4. The van der Waals surface area contributed by atoms with E-state index >= 15 is 0 Å². The molecule has 0 saturated heterocycles. The second-order valence-corrected chi connectivity index (χ2v) is 3.73. The Morgan fingerprint density at radius 2 is 2.00 bits per heavy atom. The first-order valence-corrected chi connectivity index (χ1v) is 4.82. The summed E-state index contributed by atoms with van der Waals surface area (Å²) in [4.78, 5) is 20.8. The summed E-state index contributed by atoms with van der Waals surface area (Å²) in [6, 6.07) is 6.02. The predicted octanol–water partition coefficient (Wildman–Crippen LogP) is 2.33. The van der Waals surface area contributed by atoms with Crippen LogP contribution in [0.1, 0.15) is 12.5 Å². The number of hydrogen-bond acceptors (Lipinski definition) is 3. The maximum atomic E-state index is 10.9. The van der Waals surface area contributed by atoms with E-state index in [0.29, 0.717) is 6.42 Å². The van der Waals surface area contributed by atoms with E-state index in [4.69, 9.17) is 11.6 Å². The van der Waals surface area contributed by atoms with Gasteiger partial charge in [-0.05, 0) is 18.9 Å². The average molecular weight is 228 g/mol. The van der Waals surface area contributed by atoms with Gasteiger partial charge in [0.1, 0.15) is 5.78 Å². The van der Waals surface area contributed by atoms with E-state index in [-0.39, 0.29) is 11.5 Å². The largest absolute Gasteiger partial charge is 0.298 e. The van der Waals surface area contributed by atoms with Gasteiger partial charge in [-0.3, -0.25) is 14.9 Å². The first kappa shape index (κ1) is 11.7. The molecule has 0 spiro atoms. The van der Waals surface area contributed by atoms with Crippen molar-refractivity contribution < 1.29 is 9.72 Å². The third-order valence-corrected chi connectivity index (χ3v) is 2.46. The Kier molecular flexibility index (Phi) is 3.80. The molecule has 0 radical (unpaired) electrons. The van der Waals surface area contributed by atoms with Crippen molar-refractivity contribution in [2.45, 2.75) is 18.7 Å². The van der Waals surface area contributed by atoms with Crippen LogP contribution in [0.25, 0.3) is 0 Å². The van der Waals surface area contributed by atoms with E-state index in [1.54, 1.807) is 12.1 Å². The molecule has 1 rings (SSSR count). The van der Waals surface area contributed by atoms with E-state index in [0.717, 1.165) is 5.56 Å². The average Bonchev–Trinajstić information content (AvgIpc) is 2.18. The molecular weight excluding hydrogens is 218 g/mol. The lowest BCUT2D eigenvalue weighted by atomic mass is 10.1. The molecular formula is C10H10ClNO3. The van der Waals surface area contributed by atoms with Gasteiger partial charge >= 0.3 is 0 Å². The lowest BCUT2D eigenvalue weighted by Gasteiger charge is -2.04. The highest BCUT2D eigenvalue weighted by Gasteiger charge is 2.11. The summed E-state index contributed by atoms with van der Waals surface area (Å²) in [7, 11) is 0. The molecule has 1 atom stereocenters. The third kappa shape index (κ3) is 3.32. The monoisotopic (exact) mass is 227 g/mol. The van der Waals surface area contributed by atoms with Crippen LogP contribution in [0.2, 0.25) is 0 Å². The molecule has 15 heavy (non-hydrogen) atoms. The summed E-state index contributed by atoms with van der Waals surface area (Å²) in [6.07, 6.45) is 0.398. The topological polar surface area (TPSA) is 60.2 Å². The summed E-state index contributed by atoms with van der Waals surface area (Å²) in [5.74, 6) is -0.102. The molecule has 4 nitrogen and oxygen atoms in total. The number of nitrogens with zero attached hydrogens (tertiary/aromatic N) is 1. The zero-order chi connectivity index (χ0) is 11.4. The van der Waals surface area contributed by atoms with Crippen molar-refractivity contribution in [3.63, 3.8) is 0 Å². The molecule has 0 aromatic heterocycles. The van der Waals surface area contributed by atoms with Crippen molar-refractivity contribution in [3.05, 3.63) is 39.9 Å². The van der Waals surface area contributed by atoms with Gasteiger partial charge in [0.15, 0.2) is 0 Å². The predicted molar refractivity (Wildman–Crippen MR) is 57.1 cm³/mol. The zero-order valence-corrected chi connectivity index (χ0v) is 8.90. The minimum Gasteiger partial charge on any atom is -0.298 e. The zero-order valence-electron chi connectivity index (χ0n) is 8.14. The van der Waals surface area contributed by atoms with Crippen LogP contribution in [0.4, 0.5) is 5.69 Å². The number of nitro groups is 1. The fourth-order valence-electron chi connectivity index (χ4n) is 1.10. The highest BCUT2D eigenvalue weighted by molar-refractivity contribution is 6.30. The van der Waals surface area contributed by atoms with Gasteiger partial charge in [0, 0.05) is 12.1 Å². The molecule has 1 aromatic rings. The molecule has 80 valence electrons. The molecule has 5 heteroatoms. The molecule has 0 aliphatic rings. The van der Waals surface area contributed by atoms with Gasteiger partial charge in [-0.2, -0.15) is 0 Å². The Bertz CT molecular complexity index is 375. The van der Waals surface area contributed by atoms with Crippen LogP contribution in [-0.4, -0.2) is 16.1 Å². The molecule has 0 aliphatic heterocycles. The summed E-state index contributed by atoms with van der Waals surface area (Å²) < 4.78 is 0. The normalized spacial score (nSPS) is 12.1. The highest BCUT2D eigenvalue weighted by atomic mass is 35.5. The minimum absolute atomic E-state index is 0.0349. The van der Waals surface area contributed by atoms with Crippen LogP contribution in [0.5, 0.6) is 0 Å². The first-order valence-electron chi connectivity index (χ1n) is 4.38. The molecule has 0 fully saturated rings. The Balaban J connectivity index is 2.72. The summed E-state index contributed by atoms with van der Waals surface area (Å²) >= 11 is 5.77. The number of carbonyl (C=O) groups is 1. The number of carbonyl (C=O) groups excluding carboxylic acids is 1. The Morgan fingerprint density at radius 3 is 2.40 bits per heavy atom. The number of benzene rings is 1. The molecule has 1 aromatic carbocycles. The van der Waals surface area contributed by atoms with Crippen LogP contribution >= 0.6 is 11.6 Å². The Morgan fingerprint density at radius 1 is 1.47 bits per heavy atom. The molecule has 1 unspecified atom stereocenters. The summed E-state index contributed by atoms with van der Waals surface area (Å²) in [5.41, 5.74) is 0.850. The van der Waals surface area contributed by atoms with Gasteiger partial charge < -0.3 is 0 Å². The molecule has 0 bridgehead atoms. The molecule has 0 aliphatic carbocycles. The lowest BCUT2D eigenvalue weighted by molar-refractivity contribution is -0.384. The molecule has 0 N–H and O–H groups in total. The second kappa shape index (κ2) is 4.89. The van der Waals surface area contributed by atoms with E-state index in [1.807, 2.05) is 0 Å². The lowest BCUT2D eigenvalue weighted by Crippen LogP contribution is -2.13. The molecule has 0 heterocycles. The van der Waals surface area contributed by atoms with Crippen LogP contribution in [0.15, 0.2) is 24.3 Å². The SMILES string of the molecule is CC(=O)C(Cl)Cc1ccc([N+](=O)[O-])cc1. The number of ketones is 1. The minimum atomic E-state index is -0.563. The number of non-ortho nitro benzene ring substituents is 1. The van der Waals surface area contributed by atoms with E-state index in [2.05, 4.69) is 0 Å². The number of Topliss-reactive ketones (excluding diaryl/α,β-unsaturated/α-hetero) is 1. The van der Waals surface area contributed by atoms with E-state index < -0.39 is 10.3 Å². The quantitative estimate of drug-likeness (QED) is 0.451. The van der Waals surface area contributed by atoms with Crippen LogP contribution < -0.4 is 0 Å². The van der Waals surface area contributed by atoms with Crippen LogP contribution in [-0.2, 0) is 11.2 Å². The van der Waals surface area contributed by atoms with Crippen molar-refractivity contribution in [1.82, 2.24) is 0 Å². The fraction of sp³-hybridized carbons (Fsp3) is 0.300. The number of alkyl halides is 1. The fourth-order valence-corrected chi connectivity index (χ4v) is 1.28. The van der Waals surface area contributed by atoms with E-state index in [9.17, 15) is 14.9 Å². The van der Waals surface area contributed by atoms with E-state index in [1.165, 1.54) is 19.1 Å². The Hall–Kier alpha value is -1.42. The second-order valence-electron chi connectivity index (χ2n) is 3.21. The number of hydrogen-bond donors (Lipinski definition) is 0. The van der Waals surface area contributed by atoms with Gasteiger partial charge in [0.25, 0.3) is 5.69 Å². The van der Waals surface area contributed by atoms with Crippen molar-refractivity contribution in [2.24, 2.45) is 0 Å². The van der Waals surface area contributed by atoms with Crippen LogP contribution in [0.3, 0.4) is 0 Å². The number of nitro benzene ring substituents is 1. The third-order valence-electron chi connectivity index (χ3n) is 2.00. The maximum Gasteiger partial charge on any atom is 0.269 e. The van der Waals surface area contributed by atoms with Gasteiger partial charge in [-0.15, -0.1) is 11.6 Å². The van der Waals surface area contributed by atoms with Gasteiger partial charge in [0.2, 0.25) is 0 Å².